The van der Waals surface area contributed by atoms with E-state index in [4.69, 9.17) is 27.9 Å². The van der Waals surface area contributed by atoms with Crippen molar-refractivity contribution in [3.05, 3.63) is 52.0 Å². The van der Waals surface area contributed by atoms with E-state index in [1.807, 2.05) is 0 Å². The molecule has 0 aliphatic carbocycles. The molecule has 9 heteroatoms. The summed E-state index contributed by atoms with van der Waals surface area (Å²) >= 11 is 12.1. The molecule has 1 fully saturated rings. The maximum Gasteiger partial charge on any atom is 0.259 e. The van der Waals surface area contributed by atoms with Crippen LogP contribution in [-0.2, 0) is 10.0 Å². The fourth-order valence-electron chi connectivity index (χ4n) is 3.07. The molecule has 6 nitrogen and oxygen atoms in total. The first-order chi connectivity index (χ1) is 13.3. The number of nitrogens with one attached hydrogen (secondary N) is 1. The number of rotatable bonds is 5. The average molecular weight is 443 g/mol. The Morgan fingerprint density at radius 1 is 1.11 bits per heavy atom. The van der Waals surface area contributed by atoms with Gasteiger partial charge in [0.1, 0.15) is 5.75 Å². The minimum Gasteiger partial charge on any atom is -0.496 e. The van der Waals surface area contributed by atoms with E-state index in [9.17, 15) is 13.2 Å². The summed E-state index contributed by atoms with van der Waals surface area (Å²) in [5.74, 6) is -0.287. The van der Waals surface area contributed by atoms with Crippen LogP contribution in [0.15, 0.2) is 41.3 Å². The van der Waals surface area contributed by atoms with Crippen molar-refractivity contribution < 1.29 is 17.9 Å². The number of methoxy groups -OCH3 is 1. The molecule has 1 N–H and O–H groups in total. The number of anilines is 1. The van der Waals surface area contributed by atoms with Crippen LogP contribution in [0, 0.1) is 0 Å². The number of amides is 1. The molecule has 0 atom stereocenters. The van der Waals surface area contributed by atoms with E-state index < -0.39 is 15.9 Å². The minimum absolute atomic E-state index is 0.0533. The first-order valence-electron chi connectivity index (χ1n) is 8.78. The van der Waals surface area contributed by atoms with Gasteiger partial charge in [-0.3, -0.25) is 4.79 Å². The number of hydrogen-bond donors (Lipinski definition) is 1. The Morgan fingerprint density at radius 3 is 2.50 bits per heavy atom. The van der Waals surface area contributed by atoms with Crippen LogP contribution < -0.4 is 10.1 Å². The zero-order valence-electron chi connectivity index (χ0n) is 15.2. The lowest BCUT2D eigenvalue weighted by Crippen LogP contribution is -2.35. The Balaban J connectivity index is 1.94. The zero-order chi connectivity index (χ0) is 20.3. The second-order valence-electron chi connectivity index (χ2n) is 6.38. The highest BCUT2D eigenvalue weighted by molar-refractivity contribution is 7.89. The molecular weight excluding hydrogens is 423 g/mol. The molecule has 150 valence electrons. The molecular formula is C19H20Cl2N2O4S. The summed E-state index contributed by atoms with van der Waals surface area (Å²) < 4.78 is 32.6. The van der Waals surface area contributed by atoms with Crippen molar-refractivity contribution in [2.75, 3.05) is 25.5 Å². The van der Waals surface area contributed by atoms with Gasteiger partial charge in [-0.15, -0.1) is 0 Å². The van der Waals surface area contributed by atoms with Gasteiger partial charge in [-0.25, -0.2) is 8.42 Å². The summed E-state index contributed by atoms with van der Waals surface area (Å²) in [6, 6.07) is 9.12. The van der Waals surface area contributed by atoms with Gasteiger partial charge in [-0.2, -0.15) is 4.31 Å². The predicted molar refractivity (Wildman–Crippen MR) is 110 cm³/mol. The first-order valence-corrected chi connectivity index (χ1v) is 11.0. The molecule has 0 saturated carbocycles. The second kappa shape index (κ2) is 8.69. The summed E-state index contributed by atoms with van der Waals surface area (Å²) in [6.07, 6.45) is 2.68. The number of sulfonamides is 1. The van der Waals surface area contributed by atoms with E-state index in [0.717, 1.165) is 19.3 Å². The van der Waals surface area contributed by atoms with E-state index in [1.54, 1.807) is 18.2 Å². The van der Waals surface area contributed by atoms with Gasteiger partial charge in [-0.05, 0) is 43.2 Å². The number of benzene rings is 2. The largest absolute Gasteiger partial charge is 0.496 e. The van der Waals surface area contributed by atoms with Crippen molar-refractivity contribution in [1.29, 1.82) is 0 Å². The standard InChI is InChI=1S/C19H20Cl2N2O4S/c1-27-17-9-8-13(28(25,26)23-10-3-2-4-11-23)12-14(17)19(24)22-16-7-5-6-15(20)18(16)21/h5-9,12H,2-4,10-11H2,1H3,(H,22,24). The number of ether oxygens (including phenoxy) is 1. The monoisotopic (exact) mass is 442 g/mol. The molecule has 1 saturated heterocycles. The molecule has 1 aliphatic rings. The summed E-state index contributed by atoms with van der Waals surface area (Å²) in [5.41, 5.74) is 0.419. The Labute approximate surface area is 174 Å². The summed E-state index contributed by atoms with van der Waals surface area (Å²) in [7, 11) is -2.27. The van der Waals surface area contributed by atoms with E-state index >= 15 is 0 Å². The van der Waals surface area contributed by atoms with E-state index in [2.05, 4.69) is 5.32 Å². The molecule has 1 amide bonds. The zero-order valence-corrected chi connectivity index (χ0v) is 17.6. The maximum atomic E-state index is 12.9. The highest BCUT2D eigenvalue weighted by atomic mass is 35.5. The van der Waals surface area contributed by atoms with Crippen LogP contribution in [0.2, 0.25) is 10.0 Å². The molecule has 2 aromatic rings. The molecule has 2 aromatic carbocycles. The Hall–Kier alpha value is -1.80. The van der Waals surface area contributed by atoms with Gasteiger partial charge < -0.3 is 10.1 Å². The van der Waals surface area contributed by atoms with Crippen LogP contribution >= 0.6 is 23.2 Å². The quantitative estimate of drug-likeness (QED) is 0.742. The summed E-state index contributed by atoms with van der Waals surface area (Å²) in [5, 5.41) is 3.16. The van der Waals surface area contributed by atoms with Gasteiger partial charge in [0.15, 0.2) is 0 Å². The fourth-order valence-corrected chi connectivity index (χ4v) is 4.96. The Morgan fingerprint density at radius 2 is 1.82 bits per heavy atom. The normalized spacial score (nSPS) is 15.2. The van der Waals surface area contributed by atoms with Crippen LogP contribution in [0.3, 0.4) is 0 Å². The van der Waals surface area contributed by atoms with Gasteiger partial charge in [-0.1, -0.05) is 35.7 Å². The number of nitrogens with zero attached hydrogens (tertiary/aromatic N) is 1. The van der Waals surface area contributed by atoms with Crippen molar-refractivity contribution in [1.82, 2.24) is 4.31 Å². The molecule has 0 unspecified atom stereocenters. The third kappa shape index (κ3) is 4.27. The van der Waals surface area contributed by atoms with Gasteiger partial charge in [0, 0.05) is 13.1 Å². The van der Waals surface area contributed by atoms with E-state index in [-0.39, 0.29) is 21.2 Å². The van der Waals surface area contributed by atoms with Crippen LogP contribution in [-0.4, -0.2) is 38.8 Å². The van der Waals surface area contributed by atoms with Crippen molar-refractivity contribution in [2.24, 2.45) is 0 Å². The van der Waals surface area contributed by atoms with E-state index in [1.165, 1.54) is 29.6 Å². The van der Waals surface area contributed by atoms with Crippen molar-refractivity contribution >= 4 is 44.8 Å². The Kier molecular flexibility index (Phi) is 6.50. The molecule has 0 bridgehead atoms. The minimum atomic E-state index is -3.68. The average Bonchev–Trinajstić information content (AvgIpc) is 2.71. The summed E-state index contributed by atoms with van der Waals surface area (Å²) in [4.78, 5) is 12.9. The van der Waals surface area contributed by atoms with Gasteiger partial charge in [0.2, 0.25) is 10.0 Å². The van der Waals surface area contributed by atoms with E-state index in [0.29, 0.717) is 23.8 Å². The molecule has 1 aliphatic heterocycles. The number of halogens is 2. The molecule has 0 radical (unpaired) electrons. The fraction of sp³-hybridized carbons (Fsp3) is 0.316. The highest BCUT2D eigenvalue weighted by Gasteiger charge is 2.27. The second-order valence-corrected chi connectivity index (χ2v) is 9.11. The molecule has 0 aromatic heterocycles. The van der Waals surface area contributed by atoms with Crippen LogP contribution in [0.1, 0.15) is 29.6 Å². The summed E-state index contributed by atoms with van der Waals surface area (Å²) in [6.45, 7) is 0.960. The number of piperidine rings is 1. The SMILES string of the molecule is COc1ccc(S(=O)(=O)N2CCCCC2)cc1C(=O)Nc1cccc(Cl)c1Cl. The number of hydrogen-bond acceptors (Lipinski definition) is 4. The van der Waals surface area contributed by atoms with Crippen molar-refractivity contribution in [3.8, 4) is 5.75 Å². The molecule has 3 rings (SSSR count). The Bertz CT molecular complexity index is 989. The smallest absolute Gasteiger partial charge is 0.259 e. The highest BCUT2D eigenvalue weighted by Crippen LogP contribution is 2.31. The molecule has 0 spiro atoms. The van der Waals surface area contributed by atoms with Crippen molar-refractivity contribution in [2.45, 2.75) is 24.2 Å². The third-order valence-corrected chi connectivity index (χ3v) is 7.28. The predicted octanol–water partition coefficient (Wildman–Crippen LogP) is 4.43. The lowest BCUT2D eigenvalue weighted by Gasteiger charge is -2.26. The third-order valence-electron chi connectivity index (χ3n) is 4.57. The topological polar surface area (TPSA) is 75.7 Å². The lowest BCUT2D eigenvalue weighted by atomic mass is 10.2. The lowest BCUT2D eigenvalue weighted by molar-refractivity contribution is 0.102. The maximum absolute atomic E-state index is 12.9. The van der Waals surface area contributed by atoms with Crippen LogP contribution in [0.4, 0.5) is 5.69 Å². The van der Waals surface area contributed by atoms with Crippen LogP contribution in [0.25, 0.3) is 0 Å². The van der Waals surface area contributed by atoms with Gasteiger partial charge in [0.25, 0.3) is 5.91 Å². The van der Waals surface area contributed by atoms with Crippen LogP contribution in [0.5, 0.6) is 5.75 Å². The van der Waals surface area contributed by atoms with Gasteiger partial charge in [0.05, 0.1) is 33.3 Å². The van der Waals surface area contributed by atoms with Gasteiger partial charge >= 0.3 is 0 Å². The number of carbonyl (C=O) groups is 1. The molecule has 28 heavy (non-hydrogen) atoms. The number of carbonyl (C=O) groups excluding carboxylic acids is 1. The molecule has 1 heterocycles. The first kappa shape index (κ1) is 20.9. The van der Waals surface area contributed by atoms with Crippen molar-refractivity contribution in [3.63, 3.8) is 0 Å².